The monoisotopic (exact) mass is 456 g/mol. The molecule has 0 saturated heterocycles. The quantitative estimate of drug-likeness (QED) is 0.405. The zero-order valence-corrected chi connectivity index (χ0v) is 20.6. The molecule has 3 rings (SSSR count). The van der Waals surface area contributed by atoms with E-state index in [2.05, 4.69) is 33.9 Å². The largest absolute Gasteiger partial charge is 0.564 e. The predicted octanol–water partition coefficient (Wildman–Crippen LogP) is 5.82. The number of halogens is 2. The van der Waals surface area contributed by atoms with Crippen LogP contribution in [0.2, 0.25) is 28.2 Å². The lowest BCUT2D eigenvalue weighted by atomic mass is 10.2. The van der Waals surface area contributed by atoms with E-state index < -0.39 is 8.32 Å². The molecule has 0 N–H and O–H groups in total. The van der Waals surface area contributed by atoms with E-state index in [0.29, 0.717) is 47.8 Å². The smallest absolute Gasteiger partial charge is 0.270 e. The first-order valence-electron chi connectivity index (χ1n) is 9.97. The zero-order valence-electron chi connectivity index (χ0n) is 18.1. The standard InChI is InChI=1S/C21H30Cl2N2O3Si/c1-21(2,3)29(5,6)28-11-7-10-27-17-13-15(22)18(23)19-14(17)12-16-20(26)24(4)8-9-25(16)19/h12-13H,7-11H2,1-6H3/q-1. The fourth-order valence-corrected chi connectivity index (χ4v) is 4.74. The fraction of sp³-hybridized carbons (Fsp3) is 0.571. The van der Waals surface area contributed by atoms with Gasteiger partial charge in [-0.1, -0.05) is 44.0 Å². The van der Waals surface area contributed by atoms with E-state index in [9.17, 15) is 4.79 Å². The van der Waals surface area contributed by atoms with Gasteiger partial charge in [-0.15, -0.1) is 18.1 Å². The van der Waals surface area contributed by atoms with Gasteiger partial charge in [0, 0.05) is 44.6 Å². The number of hydrogen-bond donors (Lipinski definition) is 0. The van der Waals surface area contributed by atoms with E-state index in [1.54, 1.807) is 18.0 Å². The summed E-state index contributed by atoms with van der Waals surface area (Å²) >= 11 is 12.9. The molecule has 1 aromatic heterocycles. The Labute approximate surface area is 184 Å². The minimum atomic E-state index is -1.76. The number of carbonyl (C=O) groups is 1. The van der Waals surface area contributed by atoms with Crippen molar-refractivity contribution in [1.29, 1.82) is 0 Å². The van der Waals surface area contributed by atoms with Gasteiger partial charge in [0.1, 0.15) is 11.4 Å². The van der Waals surface area contributed by atoms with Crippen molar-refractivity contribution in [2.45, 2.75) is 51.9 Å². The van der Waals surface area contributed by atoms with E-state index in [-0.39, 0.29) is 10.9 Å². The van der Waals surface area contributed by atoms with E-state index in [0.717, 1.165) is 17.3 Å². The van der Waals surface area contributed by atoms with Gasteiger partial charge in [0.2, 0.25) is 0 Å². The van der Waals surface area contributed by atoms with Crippen LogP contribution in [0.5, 0.6) is 5.75 Å². The summed E-state index contributed by atoms with van der Waals surface area (Å²) < 4.78 is 14.2. The van der Waals surface area contributed by atoms with Crippen LogP contribution in [0.1, 0.15) is 37.7 Å². The van der Waals surface area contributed by atoms with E-state index >= 15 is 0 Å². The number of carbonyl (C=O) groups excluding carboxylic acids is 1. The molecule has 0 fully saturated rings. The molecule has 8 heteroatoms. The molecule has 0 atom stereocenters. The van der Waals surface area contributed by atoms with Gasteiger partial charge >= 0.3 is 0 Å². The van der Waals surface area contributed by atoms with Crippen LogP contribution in [0, 0.1) is 0 Å². The Morgan fingerprint density at radius 1 is 1.14 bits per heavy atom. The topological polar surface area (TPSA) is 43.7 Å². The molecule has 0 aliphatic carbocycles. The number of benzene rings is 1. The maximum Gasteiger partial charge on any atom is 0.270 e. The van der Waals surface area contributed by atoms with Crippen molar-refractivity contribution in [2.24, 2.45) is 0 Å². The third kappa shape index (κ3) is 4.31. The van der Waals surface area contributed by atoms with Gasteiger partial charge in [0.25, 0.3) is 5.91 Å². The molecule has 0 saturated carbocycles. The first-order chi connectivity index (χ1) is 13.4. The van der Waals surface area contributed by atoms with E-state index in [1.165, 1.54) is 0 Å². The van der Waals surface area contributed by atoms with Gasteiger partial charge in [-0.25, -0.2) is 0 Å². The first kappa shape index (κ1) is 22.5. The Morgan fingerprint density at radius 2 is 1.83 bits per heavy atom. The van der Waals surface area contributed by atoms with Gasteiger partial charge in [-0.3, -0.25) is 4.79 Å². The second-order valence-electron chi connectivity index (χ2n) is 9.15. The molecule has 2 heterocycles. The molecule has 1 amide bonds. The predicted molar refractivity (Wildman–Crippen MR) is 122 cm³/mol. The summed E-state index contributed by atoms with van der Waals surface area (Å²) in [4.78, 5) is 14.3. The molecule has 1 aromatic carbocycles. The van der Waals surface area contributed by atoms with Gasteiger partial charge in [0.15, 0.2) is 0 Å². The molecule has 0 spiro atoms. The Bertz CT molecular complexity index is 934. The molecule has 161 valence electrons. The highest BCUT2D eigenvalue weighted by atomic mass is 35.5. The van der Waals surface area contributed by atoms with Crippen molar-refractivity contribution in [3.05, 3.63) is 27.9 Å². The van der Waals surface area contributed by atoms with Crippen LogP contribution in [0.25, 0.3) is 10.9 Å². The van der Waals surface area contributed by atoms with Crippen LogP contribution in [0.15, 0.2) is 12.1 Å². The lowest BCUT2D eigenvalue weighted by Gasteiger charge is -2.48. The Morgan fingerprint density at radius 3 is 2.48 bits per heavy atom. The molecule has 2 aromatic rings. The average molecular weight is 457 g/mol. The summed E-state index contributed by atoms with van der Waals surface area (Å²) in [6.45, 7) is 13.7. The van der Waals surface area contributed by atoms with Crippen LogP contribution in [0.3, 0.4) is 0 Å². The molecule has 0 bridgehead atoms. The van der Waals surface area contributed by atoms with Crippen LogP contribution in [0.4, 0.5) is 0 Å². The molecule has 0 radical (unpaired) electrons. The van der Waals surface area contributed by atoms with Crippen LogP contribution in [-0.4, -0.2) is 50.5 Å². The molecular formula is C21H30Cl2N2O3Si-. The van der Waals surface area contributed by atoms with Gasteiger partial charge in [-0.05, 0) is 14.4 Å². The number of hydrogen-bond acceptors (Lipinski definition) is 3. The summed E-state index contributed by atoms with van der Waals surface area (Å²) in [5.74, 6) is 0.632. The lowest BCUT2D eigenvalue weighted by molar-refractivity contribution is 0.0751. The average Bonchev–Trinajstić information content (AvgIpc) is 3.01. The van der Waals surface area contributed by atoms with Crippen molar-refractivity contribution in [1.82, 2.24) is 9.47 Å². The van der Waals surface area contributed by atoms with Gasteiger partial charge in [0.05, 0.1) is 22.2 Å². The van der Waals surface area contributed by atoms with Gasteiger partial charge in [-0.2, -0.15) is 0 Å². The summed E-state index contributed by atoms with van der Waals surface area (Å²) in [5, 5.41) is 1.90. The third-order valence-electron chi connectivity index (χ3n) is 6.08. The maximum absolute atomic E-state index is 12.5. The first-order valence-corrected chi connectivity index (χ1v) is 13.6. The number of rotatable bonds is 6. The van der Waals surface area contributed by atoms with E-state index in [1.807, 2.05) is 10.6 Å². The Hall–Kier alpha value is -1.21. The number of aromatic nitrogens is 1. The van der Waals surface area contributed by atoms with Crippen molar-refractivity contribution in [2.75, 3.05) is 26.8 Å². The summed E-state index contributed by atoms with van der Waals surface area (Å²) in [7, 11) is 0.0483. The number of likely N-dealkylation sites (N-methyl/N-ethyl adjacent to an activating group) is 1. The SMILES string of the molecule is CN1CCn2c(cc3c(OCCCO[Si-](C)(C)C(C)(C)C)cc(Cl)c(Cl)c32)C1=O. The Kier molecular flexibility index (Phi) is 6.31. The second kappa shape index (κ2) is 8.14. The summed E-state index contributed by atoms with van der Waals surface area (Å²) in [6.07, 6.45) is 0.781. The van der Waals surface area contributed by atoms with Crippen LogP contribution in [-0.2, 0) is 11.0 Å². The third-order valence-corrected chi connectivity index (χ3v) is 11.4. The summed E-state index contributed by atoms with van der Waals surface area (Å²) in [5.41, 5.74) is 1.38. The number of nitrogens with zero attached hydrogens (tertiary/aromatic N) is 2. The summed E-state index contributed by atoms with van der Waals surface area (Å²) in [6, 6.07) is 3.60. The number of amides is 1. The lowest BCUT2D eigenvalue weighted by Crippen LogP contribution is -2.41. The highest BCUT2D eigenvalue weighted by Crippen LogP contribution is 2.40. The molecule has 29 heavy (non-hydrogen) atoms. The second-order valence-corrected chi connectivity index (χ2v) is 14.7. The zero-order chi connectivity index (χ0) is 21.6. The number of fused-ring (bicyclic) bond motifs is 3. The van der Waals surface area contributed by atoms with Crippen molar-refractivity contribution < 1.29 is 14.0 Å². The highest BCUT2D eigenvalue weighted by Gasteiger charge is 2.27. The fourth-order valence-electron chi connectivity index (χ4n) is 3.20. The van der Waals surface area contributed by atoms with Crippen LogP contribution >= 0.6 is 23.2 Å². The molecule has 0 unspecified atom stereocenters. The highest BCUT2D eigenvalue weighted by molar-refractivity contribution is 6.74. The maximum atomic E-state index is 12.5. The molecular weight excluding hydrogens is 427 g/mol. The van der Waals surface area contributed by atoms with Crippen LogP contribution < -0.4 is 4.74 Å². The minimum Gasteiger partial charge on any atom is -0.564 e. The molecule has 5 nitrogen and oxygen atoms in total. The van der Waals surface area contributed by atoms with Gasteiger partial charge < -0.3 is 18.6 Å². The van der Waals surface area contributed by atoms with Crippen molar-refractivity contribution >= 4 is 48.3 Å². The van der Waals surface area contributed by atoms with E-state index in [4.69, 9.17) is 32.4 Å². The molecule has 1 aliphatic heterocycles. The van der Waals surface area contributed by atoms with Crippen molar-refractivity contribution in [3.8, 4) is 5.75 Å². The normalized spacial score (nSPS) is 15.2. The Balaban J connectivity index is 1.76. The van der Waals surface area contributed by atoms with Crippen molar-refractivity contribution in [3.63, 3.8) is 0 Å². The number of ether oxygens (including phenoxy) is 1. The molecule has 1 aliphatic rings. The minimum absolute atomic E-state index is 0.0200.